The van der Waals surface area contributed by atoms with E-state index in [4.69, 9.17) is 5.26 Å². The second kappa shape index (κ2) is 6.41. The number of hydrogen-bond acceptors (Lipinski definition) is 4. The Morgan fingerprint density at radius 1 is 1.38 bits per heavy atom. The Balaban J connectivity index is 2.09. The van der Waals surface area contributed by atoms with Gasteiger partial charge in [-0.05, 0) is 30.2 Å². The molecule has 0 aromatic heterocycles. The summed E-state index contributed by atoms with van der Waals surface area (Å²) in [6.07, 6.45) is 1.87. The van der Waals surface area contributed by atoms with Crippen molar-refractivity contribution in [1.29, 1.82) is 5.26 Å². The highest BCUT2D eigenvalue weighted by atomic mass is 79.9. The predicted molar refractivity (Wildman–Crippen MR) is 82.9 cm³/mol. The molecular formula is C14H13BrN2O3S. The molecular weight excluding hydrogens is 356 g/mol. The zero-order valence-corrected chi connectivity index (χ0v) is 13.4. The number of amides is 1. The number of benzene rings is 1. The minimum absolute atomic E-state index is 0.0402. The molecule has 1 heterocycles. The number of rotatable bonds is 3. The van der Waals surface area contributed by atoms with E-state index in [1.165, 1.54) is 6.08 Å². The summed E-state index contributed by atoms with van der Waals surface area (Å²) in [6.45, 7) is 0. The van der Waals surface area contributed by atoms with Crippen LogP contribution in [0.3, 0.4) is 0 Å². The highest BCUT2D eigenvalue weighted by Gasteiger charge is 2.29. The molecule has 1 aromatic rings. The monoisotopic (exact) mass is 368 g/mol. The maximum Gasteiger partial charge on any atom is 0.262 e. The van der Waals surface area contributed by atoms with E-state index < -0.39 is 21.8 Å². The second-order valence-corrected chi connectivity index (χ2v) is 7.94. The minimum Gasteiger partial charge on any atom is -0.348 e. The van der Waals surface area contributed by atoms with Gasteiger partial charge in [0, 0.05) is 10.5 Å². The van der Waals surface area contributed by atoms with Crippen LogP contribution in [0.1, 0.15) is 12.0 Å². The van der Waals surface area contributed by atoms with Crippen LogP contribution in [0.15, 0.2) is 34.3 Å². The average molecular weight is 369 g/mol. The maximum atomic E-state index is 12.0. The number of hydrogen-bond donors (Lipinski definition) is 1. The van der Waals surface area contributed by atoms with E-state index in [1.807, 2.05) is 18.2 Å². The summed E-state index contributed by atoms with van der Waals surface area (Å²) >= 11 is 3.30. The van der Waals surface area contributed by atoms with Crippen molar-refractivity contribution in [2.24, 2.45) is 0 Å². The molecule has 1 N–H and O–H groups in total. The first kappa shape index (κ1) is 15.7. The predicted octanol–water partition coefficient (Wildman–Crippen LogP) is 1.66. The molecule has 0 unspecified atom stereocenters. The molecule has 0 bridgehead atoms. The second-order valence-electron chi connectivity index (χ2n) is 4.79. The van der Waals surface area contributed by atoms with Crippen molar-refractivity contribution in [3.05, 3.63) is 39.9 Å². The highest BCUT2D eigenvalue weighted by Crippen LogP contribution is 2.15. The molecule has 0 saturated carbocycles. The van der Waals surface area contributed by atoms with E-state index in [1.54, 1.807) is 12.1 Å². The van der Waals surface area contributed by atoms with Crippen LogP contribution in [0.5, 0.6) is 0 Å². The normalized spacial score (nSPS) is 20.8. The molecule has 1 fully saturated rings. The van der Waals surface area contributed by atoms with Gasteiger partial charge in [-0.3, -0.25) is 4.79 Å². The van der Waals surface area contributed by atoms with Crippen LogP contribution < -0.4 is 5.32 Å². The third-order valence-corrected chi connectivity index (χ3v) is 5.41. The summed E-state index contributed by atoms with van der Waals surface area (Å²) in [5.74, 6) is -0.520. The van der Waals surface area contributed by atoms with Crippen LogP contribution in [0, 0.1) is 11.3 Å². The Labute approximate surface area is 131 Å². The van der Waals surface area contributed by atoms with E-state index in [2.05, 4.69) is 21.2 Å². The van der Waals surface area contributed by atoms with Gasteiger partial charge < -0.3 is 5.32 Å². The van der Waals surface area contributed by atoms with Gasteiger partial charge in [-0.25, -0.2) is 8.42 Å². The Hall–Kier alpha value is -1.65. The van der Waals surface area contributed by atoms with Crippen LogP contribution in [0.4, 0.5) is 0 Å². The number of carbonyl (C=O) groups is 1. The lowest BCUT2D eigenvalue weighted by atomic mass is 10.1. The fourth-order valence-corrected chi connectivity index (χ4v) is 3.98. The van der Waals surface area contributed by atoms with Gasteiger partial charge in [0.2, 0.25) is 0 Å². The lowest BCUT2D eigenvalue weighted by molar-refractivity contribution is -0.117. The number of sulfone groups is 1. The smallest absolute Gasteiger partial charge is 0.262 e. The summed E-state index contributed by atoms with van der Waals surface area (Å²) < 4.78 is 23.6. The van der Waals surface area contributed by atoms with Crippen LogP contribution in [0.25, 0.3) is 6.08 Å². The van der Waals surface area contributed by atoms with E-state index >= 15 is 0 Å². The SMILES string of the molecule is N#C/C(=C\c1ccc(Br)cc1)C(=O)N[C@@H]1CCS(=O)(=O)C1. The summed E-state index contributed by atoms with van der Waals surface area (Å²) in [4.78, 5) is 12.0. The molecule has 1 saturated heterocycles. The van der Waals surface area contributed by atoms with E-state index in [-0.39, 0.29) is 17.1 Å². The van der Waals surface area contributed by atoms with Gasteiger partial charge in [0.25, 0.3) is 5.91 Å². The van der Waals surface area contributed by atoms with Gasteiger partial charge in [0.1, 0.15) is 11.6 Å². The zero-order valence-electron chi connectivity index (χ0n) is 11.0. The average Bonchev–Trinajstić information content (AvgIpc) is 2.77. The largest absolute Gasteiger partial charge is 0.348 e. The molecule has 110 valence electrons. The van der Waals surface area contributed by atoms with Gasteiger partial charge >= 0.3 is 0 Å². The van der Waals surface area contributed by atoms with Crippen molar-refractivity contribution >= 4 is 37.8 Å². The molecule has 0 spiro atoms. The van der Waals surface area contributed by atoms with Gasteiger partial charge in [0.05, 0.1) is 11.5 Å². The first-order chi connectivity index (χ1) is 9.89. The number of nitriles is 1. The first-order valence-electron chi connectivity index (χ1n) is 6.28. The highest BCUT2D eigenvalue weighted by molar-refractivity contribution is 9.10. The van der Waals surface area contributed by atoms with Crippen LogP contribution in [0.2, 0.25) is 0 Å². The molecule has 1 atom stereocenters. The quantitative estimate of drug-likeness (QED) is 0.649. The van der Waals surface area contributed by atoms with Crippen LogP contribution >= 0.6 is 15.9 Å². The molecule has 7 heteroatoms. The molecule has 0 aliphatic carbocycles. The van der Waals surface area contributed by atoms with Crippen molar-refractivity contribution in [1.82, 2.24) is 5.32 Å². The Kier molecular flexibility index (Phi) is 4.80. The van der Waals surface area contributed by atoms with Crippen molar-refractivity contribution in [3.63, 3.8) is 0 Å². The number of carbonyl (C=O) groups excluding carboxylic acids is 1. The summed E-state index contributed by atoms with van der Waals surface area (Å²) in [5, 5.41) is 11.7. The van der Waals surface area contributed by atoms with Gasteiger partial charge in [-0.2, -0.15) is 5.26 Å². The molecule has 1 aromatic carbocycles. The molecule has 2 rings (SSSR count). The topological polar surface area (TPSA) is 87.0 Å². The van der Waals surface area contributed by atoms with Crippen molar-refractivity contribution in [3.8, 4) is 6.07 Å². The molecule has 1 aliphatic heterocycles. The van der Waals surface area contributed by atoms with E-state index in [0.29, 0.717) is 6.42 Å². The Morgan fingerprint density at radius 3 is 2.57 bits per heavy atom. The molecule has 5 nitrogen and oxygen atoms in total. The summed E-state index contributed by atoms with van der Waals surface area (Å²) in [7, 11) is -3.06. The lowest BCUT2D eigenvalue weighted by Gasteiger charge is -2.09. The van der Waals surface area contributed by atoms with Crippen LogP contribution in [-0.4, -0.2) is 31.9 Å². The van der Waals surface area contributed by atoms with Crippen molar-refractivity contribution in [2.75, 3.05) is 11.5 Å². The summed E-state index contributed by atoms with van der Waals surface area (Å²) in [5.41, 5.74) is 0.686. The standard InChI is InChI=1S/C14H13BrN2O3S/c15-12-3-1-10(2-4-12)7-11(8-16)14(18)17-13-5-6-21(19,20)9-13/h1-4,7,13H,5-6,9H2,(H,17,18)/b11-7+/t13-/m1/s1. The number of halogens is 1. The minimum atomic E-state index is -3.06. The van der Waals surface area contributed by atoms with Gasteiger partial charge in [0.15, 0.2) is 9.84 Å². The van der Waals surface area contributed by atoms with Crippen molar-refractivity contribution in [2.45, 2.75) is 12.5 Å². The van der Waals surface area contributed by atoms with E-state index in [0.717, 1.165) is 10.0 Å². The van der Waals surface area contributed by atoms with E-state index in [9.17, 15) is 13.2 Å². The summed E-state index contributed by atoms with van der Waals surface area (Å²) in [6, 6.07) is 8.60. The Bertz CT molecular complexity index is 718. The molecule has 0 radical (unpaired) electrons. The third kappa shape index (κ3) is 4.41. The van der Waals surface area contributed by atoms with Gasteiger partial charge in [-0.1, -0.05) is 28.1 Å². The maximum absolute atomic E-state index is 12.0. The van der Waals surface area contributed by atoms with Crippen LogP contribution in [-0.2, 0) is 14.6 Å². The molecule has 1 amide bonds. The molecule has 1 aliphatic rings. The first-order valence-corrected chi connectivity index (χ1v) is 8.90. The van der Waals surface area contributed by atoms with Crippen molar-refractivity contribution < 1.29 is 13.2 Å². The number of nitrogens with zero attached hydrogens (tertiary/aromatic N) is 1. The third-order valence-electron chi connectivity index (χ3n) is 3.11. The van der Waals surface area contributed by atoms with Gasteiger partial charge in [-0.15, -0.1) is 0 Å². The zero-order chi connectivity index (χ0) is 15.5. The lowest BCUT2D eigenvalue weighted by Crippen LogP contribution is -2.36. The fourth-order valence-electron chi connectivity index (χ4n) is 2.05. The Morgan fingerprint density at radius 2 is 2.05 bits per heavy atom. The molecule has 21 heavy (non-hydrogen) atoms. The number of nitrogens with one attached hydrogen (secondary N) is 1. The fraction of sp³-hybridized carbons (Fsp3) is 0.286.